The number of aliphatic hydroxyl groups excluding tert-OH is 1. The van der Waals surface area contributed by atoms with Crippen LogP contribution in [0.2, 0.25) is 0 Å². The van der Waals surface area contributed by atoms with Gasteiger partial charge in [0.2, 0.25) is 0 Å². The molecule has 0 saturated carbocycles. The highest BCUT2D eigenvalue weighted by Gasteiger charge is 2.32. The molecule has 0 saturated heterocycles. The zero-order chi connectivity index (χ0) is 14.5. The van der Waals surface area contributed by atoms with E-state index in [-0.39, 0.29) is 18.8 Å². The van der Waals surface area contributed by atoms with Crippen molar-refractivity contribution < 1.29 is 19.8 Å². The van der Waals surface area contributed by atoms with Crippen molar-refractivity contribution in [1.82, 2.24) is 9.71 Å². The minimum absolute atomic E-state index is 0.0109. The van der Waals surface area contributed by atoms with Gasteiger partial charge in [0.25, 0.3) is 0 Å². The first kappa shape index (κ1) is 15.7. The molecule has 0 fully saturated rings. The first-order valence-electron chi connectivity index (χ1n) is 6.47. The molecule has 0 aliphatic rings. The highest BCUT2D eigenvalue weighted by atomic mass is 16.7. The van der Waals surface area contributed by atoms with Crippen LogP contribution >= 0.6 is 0 Å². The third kappa shape index (κ3) is 4.65. The third-order valence-electron chi connectivity index (χ3n) is 3.37. The summed E-state index contributed by atoms with van der Waals surface area (Å²) in [7, 11) is 0. The van der Waals surface area contributed by atoms with Crippen LogP contribution in [0.5, 0.6) is 0 Å². The van der Waals surface area contributed by atoms with E-state index in [4.69, 9.17) is 4.84 Å². The second-order valence-corrected chi connectivity index (χ2v) is 5.06. The van der Waals surface area contributed by atoms with Gasteiger partial charge in [-0.05, 0) is 12.3 Å². The molecule has 108 valence electrons. The summed E-state index contributed by atoms with van der Waals surface area (Å²) in [5.74, 6) is -0.551. The zero-order valence-corrected chi connectivity index (χ0v) is 11.6. The fourth-order valence-electron chi connectivity index (χ4n) is 1.92. The minimum Gasteiger partial charge on any atom is -0.392 e. The molecule has 0 amide bonds. The Bertz CT molecular complexity index is 391. The molecule has 1 aromatic heterocycles. The number of hydrogen-bond donors (Lipinski definition) is 2. The van der Waals surface area contributed by atoms with Crippen molar-refractivity contribution in [2.24, 2.45) is 5.92 Å². The van der Waals surface area contributed by atoms with Crippen LogP contribution < -0.4 is 4.84 Å². The lowest BCUT2D eigenvalue weighted by Crippen LogP contribution is -2.39. The summed E-state index contributed by atoms with van der Waals surface area (Å²) < 4.78 is 1.17. The van der Waals surface area contributed by atoms with Crippen LogP contribution in [-0.2, 0) is 4.79 Å². The molecule has 1 heterocycles. The van der Waals surface area contributed by atoms with E-state index >= 15 is 0 Å². The van der Waals surface area contributed by atoms with Crippen molar-refractivity contribution in [3.05, 3.63) is 18.7 Å². The first-order valence-corrected chi connectivity index (χ1v) is 6.47. The van der Waals surface area contributed by atoms with E-state index < -0.39 is 17.7 Å². The normalized spacial score (nSPS) is 16.1. The Labute approximate surface area is 113 Å². The summed E-state index contributed by atoms with van der Waals surface area (Å²) in [6.07, 6.45) is 3.91. The highest BCUT2D eigenvalue weighted by molar-refractivity contribution is 5.70. The van der Waals surface area contributed by atoms with Crippen molar-refractivity contribution in [3.63, 3.8) is 0 Å². The molecule has 19 heavy (non-hydrogen) atoms. The molecule has 0 bridgehead atoms. The number of nitrogens with zero attached hydrogens (tertiary/aromatic N) is 2. The van der Waals surface area contributed by atoms with E-state index in [1.165, 1.54) is 23.5 Å². The van der Waals surface area contributed by atoms with Crippen LogP contribution in [0.1, 0.15) is 40.0 Å². The quantitative estimate of drug-likeness (QED) is 0.764. The third-order valence-corrected chi connectivity index (χ3v) is 3.37. The molecule has 6 heteroatoms. The number of hydrogen-bond acceptors (Lipinski definition) is 5. The zero-order valence-electron chi connectivity index (χ0n) is 11.6. The van der Waals surface area contributed by atoms with Gasteiger partial charge in [0.15, 0.2) is 0 Å². The van der Waals surface area contributed by atoms with Crippen molar-refractivity contribution in [3.8, 4) is 0 Å². The van der Waals surface area contributed by atoms with Crippen LogP contribution in [0.15, 0.2) is 18.7 Å². The molecule has 1 aromatic rings. The maximum atomic E-state index is 11.6. The summed E-state index contributed by atoms with van der Waals surface area (Å²) in [5.41, 5.74) is -0.964. The van der Waals surface area contributed by atoms with Gasteiger partial charge in [-0.3, -0.25) is 0 Å². The Hall–Kier alpha value is -1.40. The van der Waals surface area contributed by atoms with E-state index in [2.05, 4.69) is 4.98 Å². The number of carbonyl (C=O) groups excluding carboxylic acids is 1. The fourth-order valence-corrected chi connectivity index (χ4v) is 1.92. The van der Waals surface area contributed by atoms with Gasteiger partial charge in [-0.1, -0.05) is 20.8 Å². The van der Waals surface area contributed by atoms with Crippen LogP contribution in [0.4, 0.5) is 0 Å². The monoisotopic (exact) mass is 270 g/mol. The summed E-state index contributed by atoms with van der Waals surface area (Å²) in [6, 6.07) is 0. The molecule has 1 rings (SSSR count). The van der Waals surface area contributed by atoms with Crippen molar-refractivity contribution in [2.75, 3.05) is 0 Å². The largest absolute Gasteiger partial charge is 0.392 e. The molecule has 0 radical (unpaired) electrons. The second-order valence-electron chi connectivity index (χ2n) is 5.06. The Morgan fingerprint density at radius 1 is 1.53 bits per heavy atom. The standard InChI is InChI=1S/C13H22N2O4/c1-4-13(18,10(2)3)8-11(16)7-12(17)19-15-6-5-14-9-15/h5-6,9-11,16,18H,4,7-8H2,1-3H3. The van der Waals surface area contributed by atoms with Gasteiger partial charge in [-0.2, -0.15) is 4.73 Å². The number of rotatable bonds is 7. The van der Waals surface area contributed by atoms with Gasteiger partial charge < -0.3 is 15.1 Å². The van der Waals surface area contributed by atoms with Gasteiger partial charge in [-0.15, -0.1) is 0 Å². The summed E-state index contributed by atoms with van der Waals surface area (Å²) in [4.78, 5) is 20.2. The molecular formula is C13H22N2O4. The lowest BCUT2D eigenvalue weighted by atomic mass is 9.82. The minimum atomic E-state index is -0.964. The van der Waals surface area contributed by atoms with E-state index in [0.29, 0.717) is 6.42 Å². The summed E-state index contributed by atoms with van der Waals surface area (Å²) >= 11 is 0. The predicted molar refractivity (Wildman–Crippen MR) is 69.1 cm³/mol. The van der Waals surface area contributed by atoms with Gasteiger partial charge in [0, 0.05) is 12.6 Å². The van der Waals surface area contributed by atoms with Crippen LogP contribution in [0.25, 0.3) is 0 Å². The van der Waals surface area contributed by atoms with E-state index in [1.807, 2.05) is 20.8 Å². The highest BCUT2D eigenvalue weighted by Crippen LogP contribution is 2.27. The Kier molecular flexibility index (Phi) is 5.50. The molecule has 2 N–H and O–H groups in total. The van der Waals surface area contributed by atoms with E-state index in [0.717, 1.165) is 0 Å². The molecule has 2 unspecified atom stereocenters. The molecular weight excluding hydrogens is 248 g/mol. The Morgan fingerprint density at radius 2 is 2.21 bits per heavy atom. The van der Waals surface area contributed by atoms with Gasteiger partial charge >= 0.3 is 5.97 Å². The molecule has 2 atom stereocenters. The molecule has 0 aliphatic carbocycles. The average molecular weight is 270 g/mol. The van der Waals surface area contributed by atoms with Crippen molar-refractivity contribution >= 4 is 5.97 Å². The smallest absolute Gasteiger partial charge is 0.335 e. The summed E-state index contributed by atoms with van der Waals surface area (Å²) in [6.45, 7) is 5.64. The van der Waals surface area contributed by atoms with E-state index in [1.54, 1.807) is 0 Å². The van der Waals surface area contributed by atoms with Gasteiger partial charge in [0.1, 0.15) is 6.33 Å². The molecule has 0 aliphatic heterocycles. The second kappa shape index (κ2) is 6.68. The molecule has 6 nitrogen and oxygen atoms in total. The number of carbonyl (C=O) groups is 1. The lowest BCUT2D eigenvalue weighted by molar-refractivity contribution is -0.147. The van der Waals surface area contributed by atoms with Crippen LogP contribution in [-0.4, -0.2) is 37.6 Å². The maximum Gasteiger partial charge on any atom is 0.335 e. The number of imidazole rings is 1. The van der Waals surface area contributed by atoms with Crippen LogP contribution in [0.3, 0.4) is 0 Å². The fraction of sp³-hybridized carbons (Fsp3) is 0.692. The SMILES string of the molecule is CCC(O)(CC(O)CC(=O)On1ccnc1)C(C)C. The van der Waals surface area contributed by atoms with Crippen molar-refractivity contribution in [2.45, 2.75) is 51.7 Å². The van der Waals surface area contributed by atoms with E-state index in [9.17, 15) is 15.0 Å². The molecule has 0 spiro atoms. The number of aliphatic hydroxyl groups is 2. The average Bonchev–Trinajstić information content (AvgIpc) is 2.80. The molecule has 0 aromatic carbocycles. The Morgan fingerprint density at radius 3 is 2.68 bits per heavy atom. The Balaban J connectivity index is 2.46. The maximum absolute atomic E-state index is 11.6. The summed E-state index contributed by atoms with van der Waals surface area (Å²) in [5, 5.41) is 20.2. The topological polar surface area (TPSA) is 84.6 Å². The van der Waals surface area contributed by atoms with Gasteiger partial charge in [0.05, 0.1) is 24.3 Å². The van der Waals surface area contributed by atoms with Crippen molar-refractivity contribution in [1.29, 1.82) is 0 Å². The lowest BCUT2D eigenvalue weighted by Gasteiger charge is -2.32. The first-order chi connectivity index (χ1) is 8.87. The predicted octanol–water partition coefficient (Wildman–Crippen LogP) is 0.776. The van der Waals surface area contributed by atoms with Gasteiger partial charge in [-0.25, -0.2) is 9.78 Å². The number of aromatic nitrogens is 2. The van der Waals surface area contributed by atoms with Crippen LogP contribution in [0, 0.1) is 5.92 Å².